The van der Waals surface area contributed by atoms with E-state index in [9.17, 15) is 13.6 Å². The molecule has 0 aliphatic carbocycles. The topological polar surface area (TPSA) is 73.4 Å². The maximum Gasteiger partial charge on any atom is 0.253 e. The Morgan fingerprint density at radius 3 is 2.51 bits per heavy atom. The van der Waals surface area contributed by atoms with E-state index in [0.29, 0.717) is 65.6 Å². The van der Waals surface area contributed by atoms with E-state index in [0.717, 1.165) is 11.3 Å². The fourth-order valence-corrected chi connectivity index (χ4v) is 5.14. The number of benzene rings is 3. The number of aromatic nitrogens is 2. The average Bonchev–Trinajstić information content (AvgIpc) is 3.05. The van der Waals surface area contributed by atoms with Gasteiger partial charge in [0.1, 0.15) is 17.3 Å². The first-order valence-corrected chi connectivity index (χ1v) is 13.0. The Balaban J connectivity index is 1.29. The summed E-state index contributed by atoms with van der Waals surface area (Å²) in [6.07, 6.45) is 2.20. The molecule has 1 aromatic heterocycles. The lowest BCUT2D eigenvalue weighted by atomic mass is 10.0. The van der Waals surface area contributed by atoms with E-state index >= 15 is 0 Å². The molecule has 0 saturated carbocycles. The molecule has 4 aromatic rings. The maximum atomic E-state index is 14.8. The summed E-state index contributed by atoms with van der Waals surface area (Å²) in [5.74, 6) is -0.948. The van der Waals surface area contributed by atoms with Crippen molar-refractivity contribution in [3.8, 4) is 11.3 Å². The third-order valence-corrected chi connectivity index (χ3v) is 7.38. The molecule has 0 radical (unpaired) electrons. The zero-order valence-corrected chi connectivity index (χ0v) is 21.8. The number of nitrogens with one attached hydrogen (secondary N) is 2. The molecule has 10 heteroatoms. The smallest absolute Gasteiger partial charge is 0.253 e. The Morgan fingerprint density at radius 2 is 1.79 bits per heavy atom. The predicted octanol–water partition coefficient (Wildman–Crippen LogP) is 5.56. The van der Waals surface area contributed by atoms with Gasteiger partial charge >= 0.3 is 0 Å². The molecule has 0 unspecified atom stereocenters. The molecule has 0 spiro atoms. The Bertz CT molecular complexity index is 1540. The second-order valence-electron chi connectivity index (χ2n) is 9.60. The standard InChI is InChI=1S/C29H25ClF2N6O/c1-33-21-15-37(16-21)28(39)17-5-8-20(9-6-17)35-29-34-14-18-11-12-38(27-23(31)3-2-4-24(27)32)25-13-19(30)7-10-22(25)26(18)36-29/h2-10,13-14,21,33H,11-12,15-16H2,1H3,(H,34,35,36). The van der Waals surface area contributed by atoms with E-state index in [1.165, 1.54) is 18.2 Å². The van der Waals surface area contributed by atoms with Crippen LogP contribution in [0.15, 0.2) is 66.9 Å². The van der Waals surface area contributed by atoms with Crippen LogP contribution in [-0.2, 0) is 6.42 Å². The van der Waals surface area contributed by atoms with Crippen LogP contribution in [0.3, 0.4) is 0 Å². The minimum Gasteiger partial charge on any atom is -0.336 e. The zero-order chi connectivity index (χ0) is 27.1. The molecule has 2 aliphatic heterocycles. The van der Waals surface area contributed by atoms with Crippen molar-refractivity contribution in [1.82, 2.24) is 20.2 Å². The quantitative estimate of drug-likeness (QED) is 0.342. The molecule has 0 bridgehead atoms. The molecule has 39 heavy (non-hydrogen) atoms. The lowest BCUT2D eigenvalue weighted by molar-refractivity contribution is 0.0577. The van der Waals surface area contributed by atoms with Gasteiger partial charge in [-0.25, -0.2) is 18.7 Å². The van der Waals surface area contributed by atoms with E-state index < -0.39 is 11.6 Å². The number of anilines is 4. The maximum absolute atomic E-state index is 14.8. The Labute approximate surface area is 229 Å². The van der Waals surface area contributed by atoms with E-state index in [1.807, 2.05) is 19.2 Å². The summed E-state index contributed by atoms with van der Waals surface area (Å²) in [4.78, 5) is 25.3. The molecule has 7 nitrogen and oxygen atoms in total. The highest BCUT2D eigenvalue weighted by molar-refractivity contribution is 6.31. The van der Waals surface area contributed by atoms with E-state index in [1.54, 1.807) is 46.3 Å². The van der Waals surface area contributed by atoms with Gasteiger partial charge in [-0.1, -0.05) is 17.7 Å². The molecule has 3 aromatic carbocycles. The van der Waals surface area contributed by atoms with Crippen LogP contribution >= 0.6 is 11.6 Å². The number of amides is 1. The second-order valence-corrected chi connectivity index (χ2v) is 10.0. The zero-order valence-electron chi connectivity index (χ0n) is 21.1. The van der Waals surface area contributed by atoms with Gasteiger partial charge in [0.05, 0.1) is 11.4 Å². The number of fused-ring (bicyclic) bond motifs is 3. The molecule has 6 rings (SSSR count). The fraction of sp³-hybridized carbons (Fsp3) is 0.207. The minimum atomic E-state index is -0.654. The Kier molecular flexibility index (Phi) is 6.62. The average molecular weight is 547 g/mol. The van der Waals surface area contributed by atoms with Crippen LogP contribution in [-0.4, -0.2) is 53.5 Å². The normalized spacial score (nSPS) is 14.8. The highest BCUT2D eigenvalue weighted by Gasteiger charge is 2.30. The minimum absolute atomic E-state index is 0.000410. The first-order chi connectivity index (χ1) is 18.9. The largest absolute Gasteiger partial charge is 0.336 e. The van der Waals surface area contributed by atoms with Gasteiger partial charge in [0, 0.05) is 53.7 Å². The van der Waals surface area contributed by atoms with Crippen LogP contribution in [0.25, 0.3) is 11.3 Å². The number of rotatable bonds is 5. The van der Waals surface area contributed by atoms with Crippen LogP contribution in [0, 0.1) is 11.6 Å². The number of nitrogens with zero attached hydrogens (tertiary/aromatic N) is 4. The molecule has 1 amide bonds. The van der Waals surface area contributed by atoms with Gasteiger partial charge in [-0.15, -0.1) is 0 Å². The molecule has 2 N–H and O–H groups in total. The number of carbonyl (C=O) groups excluding carboxylic acids is 1. The van der Waals surface area contributed by atoms with Crippen molar-refractivity contribution < 1.29 is 13.6 Å². The number of hydrogen-bond acceptors (Lipinski definition) is 6. The van der Waals surface area contributed by atoms with Gasteiger partial charge < -0.3 is 20.4 Å². The number of carbonyl (C=O) groups is 1. The van der Waals surface area contributed by atoms with Crippen molar-refractivity contribution in [3.63, 3.8) is 0 Å². The van der Waals surface area contributed by atoms with Crippen LogP contribution in [0.2, 0.25) is 5.02 Å². The van der Waals surface area contributed by atoms with Gasteiger partial charge in [0.15, 0.2) is 0 Å². The van der Waals surface area contributed by atoms with Crippen LogP contribution in [0.4, 0.5) is 31.8 Å². The second kappa shape index (κ2) is 10.2. The van der Waals surface area contributed by atoms with Crippen molar-refractivity contribution >= 4 is 40.5 Å². The highest BCUT2D eigenvalue weighted by atomic mass is 35.5. The van der Waals surface area contributed by atoms with Crippen molar-refractivity contribution in [1.29, 1.82) is 0 Å². The number of hydrogen-bond donors (Lipinski definition) is 2. The van der Waals surface area contributed by atoms with Crippen LogP contribution in [0.1, 0.15) is 15.9 Å². The van der Waals surface area contributed by atoms with Crippen molar-refractivity contribution in [2.75, 3.05) is 36.9 Å². The summed E-state index contributed by atoms with van der Waals surface area (Å²) >= 11 is 6.32. The first-order valence-electron chi connectivity index (χ1n) is 12.6. The molecule has 3 heterocycles. The number of para-hydroxylation sites is 1. The molecule has 2 aliphatic rings. The summed E-state index contributed by atoms with van der Waals surface area (Å²) < 4.78 is 29.6. The molecule has 0 atom stereocenters. The lowest BCUT2D eigenvalue weighted by Crippen LogP contribution is -2.58. The molecule has 1 saturated heterocycles. The van der Waals surface area contributed by atoms with Crippen LogP contribution in [0.5, 0.6) is 0 Å². The first kappa shape index (κ1) is 25.2. The summed E-state index contributed by atoms with van der Waals surface area (Å²) in [5, 5.41) is 6.81. The fourth-order valence-electron chi connectivity index (χ4n) is 4.98. The predicted molar refractivity (Wildman–Crippen MR) is 148 cm³/mol. The third-order valence-electron chi connectivity index (χ3n) is 7.15. The van der Waals surface area contributed by atoms with Crippen molar-refractivity contribution in [3.05, 3.63) is 94.6 Å². The third kappa shape index (κ3) is 4.79. The summed E-state index contributed by atoms with van der Waals surface area (Å²) in [6, 6.07) is 16.6. The number of likely N-dealkylation sites (N-methyl/N-ethyl adjacent to an activating group) is 1. The Morgan fingerprint density at radius 1 is 1.05 bits per heavy atom. The van der Waals surface area contributed by atoms with Crippen LogP contribution < -0.4 is 15.5 Å². The summed E-state index contributed by atoms with van der Waals surface area (Å²) in [7, 11) is 1.89. The van der Waals surface area contributed by atoms with E-state index in [-0.39, 0.29) is 11.6 Å². The molecular formula is C29H25ClF2N6O. The van der Waals surface area contributed by atoms with E-state index in [2.05, 4.69) is 15.6 Å². The van der Waals surface area contributed by atoms with Crippen molar-refractivity contribution in [2.45, 2.75) is 12.5 Å². The molecule has 198 valence electrons. The summed E-state index contributed by atoms with van der Waals surface area (Å²) in [5.41, 5.74) is 3.96. The molecular weight excluding hydrogens is 522 g/mol. The monoisotopic (exact) mass is 546 g/mol. The van der Waals surface area contributed by atoms with Crippen molar-refractivity contribution in [2.24, 2.45) is 0 Å². The van der Waals surface area contributed by atoms with Gasteiger partial charge in [-0.05, 0) is 73.6 Å². The highest BCUT2D eigenvalue weighted by Crippen LogP contribution is 2.42. The lowest BCUT2D eigenvalue weighted by Gasteiger charge is -2.39. The van der Waals surface area contributed by atoms with Gasteiger partial charge in [0.2, 0.25) is 5.95 Å². The SMILES string of the molecule is CNC1CN(C(=O)c2ccc(Nc3ncc4c(n3)-c3ccc(Cl)cc3N(c3c(F)cccc3F)CC4)cc2)C1. The van der Waals surface area contributed by atoms with E-state index in [4.69, 9.17) is 16.6 Å². The van der Waals surface area contributed by atoms with Gasteiger partial charge in [-0.3, -0.25) is 4.79 Å². The summed E-state index contributed by atoms with van der Waals surface area (Å²) in [6.45, 7) is 1.72. The van der Waals surface area contributed by atoms with Gasteiger partial charge in [0.25, 0.3) is 5.91 Å². The van der Waals surface area contributed by atoms with Gasteiger partial charge in [-0.2, -0.15) is 0 Å². The Hall–Kier alpha value is -4.08. The molecule has 1 fully saturated rings. The number of halogens is 3. The number of likely N-dealkylation sites (tertiary alicyclic amines) is 1.